The molecule has 2 fully saturated rings. The van der Waals surface area contributed by atoms with Crippen LogP contribution in [0.4, 0.5) is 0 Å². The summed E-state index contributed by atoms with van der Waals surface area (Å²) in [4.78, 5) is 30.7. The standard InChI is InChI=1S/C23H31N3O3S/c1-15-7-5-11-20(16(15)2)26-22(28)18-9-3-4-10-19(18)25-23(26)30-14-21(27)24-13-17-8-6-12-29-17/h3-4,9-10,15-17,20H,5-8,11-14H2,1-2H3,(H,24,27)/t15-,16+,17-,20-/m0/s1. The van der Waals surface area contributed by atoms with Crippen LogP contribution in [-0.4, -0.2) is 40.5 Å². The molecule has 1 N–H and O–H groups in total. The molecule has 4 rings (SSSR count). The number of carbonyl (C=O) groups is 1. The number of hydrogen-bond acceptors (Lipinski definition) is 5. The molecule has 1 aliphatic carbocycles. The number of thioether (sulfide) groups is 1. The minimum absolute atomic E-state index is 0.00816. The number of hydrogen-bond donors (Lipinski definition) is 1. The first-order valence-electron chi connectivity index (χ1n) is 11.1. The average Bonchev–Trinajstić information content (AvgIpc) is 3.27. The maximum absolute atomic E-state index is 13.4. The molecule has 2 aromatic rings. The lowest BCUT2D eigenvalue weighted by molar-refractivity contribution is -0.119. The zero-order valence-corrected chi connectivity index (χ0v) is 18.6. The molecule has 0 radical (unpaired) electrons. The molecule has 2 aliphatic rings. The Bertz CT molecular complexity index is 954. The Morgan fingerprint density at radius 2 is 2.07 bits per heavy atom. The Balaban J connectivity index is 1.57. The highest BCUT2D eigenvalue weighted by Gasteiger charge is 2.31. The summed E-state index contributed by atoms with van der Waals surface area (Å²) in [6.07, 6.45) is 5.46. The van der Waals surface area contributed by atoms with Gasteiger partial charge in [0, 0.05) is 19.2 Å². The third-order valence-electron chi connectivity index (χ3n) is 6.65. The first-order valence-corrected chi connectivity index (χ1v) is 12.1. The van der Waals surface area contributed by atoms with Crippen molar-refractivity contribution >= 4 is 28.6 Å². The summed E-state index contributed by atoms with van der Waals surface area (Å²) in [6.45, 7) is 5.83. The molecule has 30 heavy (non-hydrogen) atoms. The number of carbonyl (C=O) groups excluding carboxylic acids is 1. The molecular formula is C23H31N3O3S. The van der Waals surface area contributed by atoms with E-state index in [4.69, 9.17) is 9.72 Å². The van der Waals surface area contributed by atoms with E-state index in [0.29, 0.717) is 34.4 Å². The van der Waals surface area contributed by atoms with Crippen molar-refractivity contribution in [1.82, 2.24) is 14.9 Å². The normalized spacial score (nSPS) is 26.7. The van der Waals surface area contributed by atoms with Gasteiger partial charge in [-0.2, -0.15) is 0 Å². The van der Waals surface area contributed by atoms with Crippen molar-refractivity contribution in [2.24, 2.45) is 11.8 Å². The number of nitrogens with one attached hydrogen (secondary N) is 1. The van der Waals surface area contributed by atoms with Crippen molar-refractivity contribution in [3.63, 3.8) is 0 Å². The average molecular weight is 430 g/mol. The predicted molar refractivity (Wildman–Crippen MR) is 120 cm³/mol. The number of nitrogens with zero attached hydrogens (tertiary/aromatic N) is 2. The lowest BCUT2D eigenvalue weighted by Crippen LogP contribution is -2.36. The SMILES string of the molecule is C[C@@H]1[C@@H](C)CCC[C@@H]1n1c(SCC(=O)NC[C@@H]2CCCO2)nc2ccccc2c1=O. The van der Waals surface area contributed by atoms with Crippen LogP contribution in [0.1, 0.15) is 52.0 Å². The summed E-state index contributed by atoms with van der Waals surface area (Å²) in [5, 5.41) is 4.26. The van der Waals surface area contributed by atoms with Crippen molar-refractivity contribution in [2.45, 2.75) is 63.3 Å². The first-order chi connectivity index (χ1) is 14.5. The van der Waals surface area contributed by atoms with Crippen LogP contribution in [-0.2, 0) is 9.53 Å². The van der Waals surface area contributed by atoms with Gasteiger partial charge in [-0.25, -0.2) is 4.98 Å². The fourth-order valence-electron chi connectivity index (χ4n) is 4.65. The number of benzene rings is 1. The second-order valence-corrected chi connectivity index (χ2v) is 9.59. The number of fused-ring (bicyclic) bond motifs is 1. The van der Waals surface area contributed by atoms with E-state index in [0.717, 1.165) is 32.3 Å². The fraction of sp³-hybridized carbons (Fsp3) is 0.609. The van der Waals surface area contributed by atoms with Crippen LogP contribution >= 0.6 is 11.8 Å². The molecule has 2 heterocycles. The molecule has 7 heteroatoms. The summed E-state index contributed by atoms with van der Waals surface area (Å²) in [5.74, 6) is 1.16. The Kier molecular flexibility index (Phi) is 6.78. The molecule has 6 nitrogen and oxygen atoms in total. The third-order valence-corrected chi connectivity index (χ3v) is 7.61. The fourth-order valence-corrected chi connectivity index (χ4v) is 5.53. The lowest BCUT2D eigenvalue weighted by atomic mass is 9.78. The minimum atomic E-state index is -0.0467. The summed E-state index contributed by atoms with van der Waals surface area (Å²) >= 11 is 1.36. The van der Waals surface area contributed by atoms with Crippen molar-refractivity contribution in [1.29, 1.82) is 0 Å². The highest BCUT2D eigenvalue weighted by atomic mass is 32.2. The van der Waals surface area contributed by atoms with Gasteiger partial charge in [-0.1, -0.05) is 50.6 Å². The largest absolute Gasteiger partial charge is 0.376 e. The van der Waals surface area contributed by atoms with Gasteiger partial charge in [-0.05, 0) is 43.2 Å². The summed E-state index contributed by atoms with van der Waals surface area (Å²) in [7, 11) is 0. The van der Waals surface area contributed by atoms with E-state index in [9.17, 15) is 9.59 Å². The van der Waals surface area contributed by atoms with E-state index >= 15 is 0 Å². The Morgan fingerprint density at radius 3 is 2.87 bits per heavy atom. The van der Waals surface area contributed by atoms with Gasteiger partial charge >= 0.3 is 0 Å². The van der Waals surface area contributed by atoms with E-state index in [1.165, 1.54) is 18.2 Å². The highest BCUT2D eigenvalue weighted by Crippen LogP contribution is 2.38. The summed E-state index contributed by atoms with van der Waals surface area (Å²) in [6, 6.07) is 7.62. The molecule has 1 aromatic carbocycles. The second-order valence-electron chi connectivity index (χ2n) is 8.65. The molecule has 4 atom stereocenters. The Labute approximate surface area is 181 Å². The van der Waals surface area contributed by atoms with Crippen LogP contribution in [0.5, 0.6) is 0 Å². The maximum atomic E-state index is 13.4. The second kappa shape index (κ2) is 9.52. The molecule has 1 saturated carbocycles. The summed E-state index contributed by atoms with van der Waals surface area (Å²) in [5.41, 5.74) is 0.700. The number of para-hydroxylation sites is 1. The quantitative estimate of drug-likeness (QED) is 0.559. The van der Waals surface area contributed by atoms with E-state index < -0.39 is 0 Å². The van der Waals surface area contributed by atoms with Gasteiger partial charge in [-0.15, -0.1) is 0 Å². The van der Waals surface area contributed by atoms with E-state index in [-0.39, 0.29) is 29.4 Å². The number of amides is 1. The molecule has 1 aromatic heterocycles. The van der Waals surface area contributed by atoms with Gasteiger partial charge in [0.05, 0.1) is 22.8 Å². The van der Waals surface area contributed by atoms with Crippen molar-refractivity contribution in [3.05, 3.63) is 34.6 Å². The van der Waals surface area contributed by atoms with Crippen molar-refractivity contribution in [2.75, 3.05) is 18.9 Å². The number of rotatable bonds is 6. The van der Waals surface area contributed by atoms with Crippen molar-refractivity contribution < 1.29 is 9.53 Å². The molecule has 0 spiro atoms. The monoisotopic (exact) mass is 429 g/mol. The van der Waals surface area contributed by atoms with Gasteiger partial charge in [0.2, 0.25) is 5.91 Å². The maximum Gasteiger partial charge on any atom is 0.262 e. The van der Waals surface area contributed by atoms with Gasteiger partial charge in [-0.3, -0.25) is 14.2 Å². The molecular weight excluding hydrogens is 398 g/mol. The molecule has 162 valence electrons. The van der Waals surface area contributed by atoms with Gasteiger partial charge in [0.1, 0.15) is 0 Å². The zero-order valence-electron chi connectivity index (χ0n) is 17.8. The molecule has 1 saturated heterocycles. The van der Waals surface area contributed by atoms with Crippen LogP contribution in [0.15, 0.2) is 34.2 Å². The van der Waals surface area contributed by atoms with Gasteiger partial charge in [0.15, 0.2) is 5.16 Å². The van der Waals surface area contributed by atoms with Gasteiger partial charge < -0.3 is 10.1 Å². The molecule has 1 aliphatic heterocycles. The lowest BCUT2D eigenvalue weighted by Gasteiger charge is -2.36. The smallest absolute Gasteiger partial charge is 0.262 e. The van der Waals surface area contributed by atoms with Crippen LogP contribution in [0, 0.1) is 11.8 Å². The zero-order chi connectivity index (χ0) is 21.1. The third kappa shape index (κ3) is 4.57. The molecule has 0 unspecified atom stereocenters. The Hall–Kier alpha value is -1.86. The van der Waals surface area contributed by atoms with Crippen LogP contribution in [0.25, 0.3) is 10.9 Å². The van der Waals surface area contributed by atoms with Crippen LogP contribution < -0.4 is 10.9 Å². The Morgan fingerprint density at radius 1 is 1.23 bits per heavy atom. The van der Waals surface area contributed by atoms with Crippen LogP contribution in [0.3, 0.4) is 0 Å². The highest BCUT2D eigenvalue weighted by molar-refractivity contribution is 7.99. The van der Waals surface area contributed by atoms with Crippen molar-refractivity contribution in [3.8, 4) is 0 Å². The molecule has 0 bridgehead atoms. The minimum Gasteiger partial charge on any atom is -0.376 e. The number of ether oxygens (including phenoxy) is 1. The van der Waals surface area contributed by atoms with Gasteiger partial charge in [0.25, 0.3) is 5.56 Å². The van der Waals surface area contributed by atoms with E-state index in [1.807, 2.05) is 28.8 Å². The number of aromatic nitrogens is 2. The predicted octanol–water partition coefficient (Wildman–Crippen LogP) is 3.78. The summed E-state index contributed by atoms with van der Waals surface area (Å²) < 4.78 is 7.45. The van der Waals surface area contributed by atoms with E-state index in [2.05, 4.69) is 19.2 Å². The van der Waals surface area contributed by atoms with Crippen LogP contribution in [0.2, 0.25) is 0 Å². The topological polar surface area (TPSA) is 73.2 Å². The van der Waals surface area contributed by atoms with E-state index in [1.54, 1.807) is 0 Å². The molecule has 1 amide bonds. The first kappa shape index (κ1) is 21.4.